The van der Waals surface area contributed by atoms with Crippen molar-refractivity contribution in [1.29, 1.82) is 0 Å². The molecule has 0 radical (unpaired) electrons. The fraction of sp³-hybridized carbons (Fsp3) is 0. The summed E-state index contributed by atoms with van der Waals surface area (Å²) in [6.07, 6.45) is 0. The van der Waals surface area contributed by atoms with E-state index in [0.717, 1.165) is 0 Å². The molecule has 0 aromatic heterocycles. The van der Waals surface area contributed by atoms with Crippen molar-refractivity contribution in [3.05, 3.63) is 29.8 Å². The summed E-state index contributed by atoms with van der Waals surface area (Å²) in [4.78, 5) is 10.3. The smallest absolute Gasteiger partial charge is 0.337 e. The van der Waals surface area contributed by atoms with Crippen LogP contribution in [0.3, 0.4) is 0 Å². The van der Waals surface area contributed by atoms with Gasteiger partial charge in [-0.3, -0.25) is 0 Å². The van der Waals surface area contributed by atoms with Gasteiger partial charge in [-0.2, -0.15) is 0 Å². The molecule has 9 N–H and O–H groups in total. The number of hydrogen-bond donors (Lipinski definition) is 4. The number of hydrogen-bond acceptors (Lipinski definition) is 4. The van der Waals surface area contributed by atoms with E-state index in [4.69, 9.17) is 10.8 Å². The van der Waals surface area contributed by atoms with Gasteiger partial charge in [0.15, 0.2) is 0 Å². The van der Waals surface area contributed by atoms with Gasteiger partial charge in [0, 0.05) is 5.69 Å². The minimum absolute atomic E-state index is 0. The molecule has 1 aromatic rings. The van der Waals surface area contributed by atoms with E-state index in [1.165, 1.54) is 6.07 Å². The monoisotopic (exact) mass is 171 g/mol. The highest BCUT2D eigenvalue weighted by Gasteiger charge is 2.03. The lowest BCUT2D eigenvalue weighted by atomic mass is 10.2. The fourth-order valence-corrected chi connectivity index (χ4v) is 0.692. The van der Waals surface area contributed by atoms with E-state index in [9.17, 15) is 4.79 Å². The summed E-state index contributed by atoms with van der Waals surface area (Å²) in [5, 5.41) is 8.49. The molecule has 1 rings (SSSR count). The van der Waals surface area contributed by atoms with Crippen LogP contribution in [0.4, 0.5) is 5.69 Å². The molecule has 12 heavy (non-hydrogen) atoms. The molecule has 0 aliphatic rings. The van der Waals surface area contributed by atoms with Crippen molar-refractivity contribution in [1.82, 2.24) is 12.3 Å². The third-order valence-corrected chi connectivity index (χ3v) is 1.19. The predicted molar refractivity (Wildman–Crippen MR) is 47.9 cm³/mol. The Hall–Kier alpha value is -1.59. The minimum atomic E-state index is -0.988. The minimum Gasteiger partial charge on any atom is -0.478 e. The number of anilines is 1. The van der Waals surface area contributed by atoms with E-state index in [1.54, 1.807) is 18.2 Å². The topological polar surface area (TPSA) is 133 Å². The number of aromatic carboxylic acids is 1. The molecule has 0 unspecified atom stereocenters. The van der Waals surface area contributed by atoms with Crippen LogP contribution in [-0.2, 0) is 0 Å². The van der Waals surface area contributed by atoms with Crippen molar-refractivity contribution in [2.45, 2.75) is 0 Å². The van der Waals surface area contributed by atoms with Gasteiger partial charge >= 0.3 is 5.97 Å². The van der Waals surface area contributed by atoms with Gasteiger partial charge in [-0.05, 0) is 12.1 Å². The number of carbonyl (C=O) groups is 1. The van der Waals surface area contributed by atoms with Crippen molar-refractivity contribution in [2.75, 3.05) is 5.73 Å². The number of rotatable bonds is 1. The Balaban J connectivity index is 0. The molecule has 0 amide bonds. The first-order chi connectivity index (χ1) is 4.72. The van der Waals surface area contributed by atoms with E-state index < -0.39 is 5.97 Å². The number of benzene rings is 1. The summed E-state index contributed by atoms with van der Waals surface area (Å²) in [5.41, 5.74) is 5.80. The molecule has 0 heterocycles. The molecule has 68 valence electrons. The Morgan fingerprint density at radius 2 is 1.75 bits per heavy atom. The van der Waals surface area contributed by atoms with Gasteiger partial charge in [-0.15, -0.1) is 0 Å². The zero-order valence-corrected chi connectivity index (χ0v) is 6.66. The molecular weight excluding hydrogens is 158 g/mol. The van der Waals surface area contributed by atoms with Gasteiger partial charge in [0.25, 0.3) is 0 Å². The van der Waals surface area contributed by atoms with E-state index >= 15 is 0 Å². The fourth-order valence-electron chi connectivity index (χ4n) is 0.692. The molecule has 0 spiro atoms. The van der Waals surface area contributed by atoms with E-state index in [2.05, 4.69) is 0 Å². The molecule has 0 saturated carbocycles. The molecular formula is C7H13N3O2. The second kappa shape index (κ2) is 5.11. The summed E-state index contributed by atoms with van der Waals surface area (Å²) in [6, 6.07) is 6.36. The maximum atomic E-state index is 10.3. The summed E-state index contributed by atoms with van der Waals surface area (Å²) in [5.74, 6) is -0.988. The van der Waals surface area contributed by atoms with Gasteiger partial charge in [0.2, 0.25) is 0 Å². The van der Waals surface area contributed by atoms with E-state index in [1.807, 2.05) is 0 Å². The number of carboxylic acids is 1. The van der Waals surface area contributed by atoms with Crippen LogP contribution < -0.4 is 18.0 Å². The normalized spacial score (nSPS) is 7.67. The lowest BCUT2D eigenvalue weighted by Gasteiger charge is -1.96. The quantitative estimate of drug-likeness (QED) is 0.472. The van der Waals surface area contributed by atoms with Gasteiger partial charge in [0.05, 0.1) is 5.56 Å². The Morgan fingerprint density at radius 1 is 1.25 bits per heavy atom. The Labute approximate surface area is 70.4 Å². The SMILES string of the molecule is N.N.Nc1ccccc1C(=O)O. The maximum absolute atomic E-state index is 10.3. The second-order valence-electron chi connectivity index (χ2n) is 1.89. The van der Waals surface area contributed by atoms with Crippen LogP contribution in [0, 0.1) is 0 Å². The first kappa shape index (κ1) is 13.0. The maximum Gasteiger partial charge on any atom is 0.337 e. The summed E-state index contributed by atoms with van der Waals surface area (Å²) >= 11 is 0. The largest absolute Gasteiger partial charge is 0.478 e. The van der Waals surface area contributed by atoms with Crippen LogP contribution in [0.2, 0.25) is 0 Å². The van der Waals surface area contributed by atoms with Gasteiger partial charge in [-0.25, -0.2) is 4.79 Å². The molecule has 0 fully saturated rings. The van der Waals surface area contributed by atoms with Crippen molar-refractivity contribution in [3.63, 3.8) is 0 Å². The third kappa shape index (κ3) is 2.57. The van der Waals surface area contributed by atoms with Crippen LogP contribution in [0.15, 0.2) is 24.3 Å². The molecule has 0 aliphatic carbocycles. The van der Waals surface area contributed by atoms with Gasteiger partial charge < -0.3 is 23.1 Å². The lowest BCUT2D eigenvalue weighted by Crippen LogP contribution is -2.00. The molecule has 0 bridgehead atoms. The van der Waals surface area contributed by atoms with Crippen LogP contribution >= 0.6 is 0 Å². The van der Waals surface area contributed by atoms with Crippen molar-refractivity contribution < 1.29 is 9.90 Å². The zero-order chi connectivity index (χ0) is 7.56. The van der Waals surface area contributed by atoms with Gasteiger partial charge in [-0.1, -0.05) is 12.1 Å². The standard InChI is InChI=1S/C7H7NO2.2H3N/c8-6-4-2-1-3-5(6)7(9)10;;/h1-4H,8H2,(H,9,10);2*1H3. The van der Waals surface area contributed by atoms with Gasteiger partial charge in [0.1, 0.15) is 0 Å². The summed E-state index contributed by atoms with van der Waals surface area (Å²) < 4.78 is 0. The van der Waals surface area contributed by atoms with Crippen LogP contribution in [-0.4, -0.2) is 11.1 Å². The summed E-state index contributed by atoms with van der Waals surface area (Å²) in [6.45, 7) is 0. The molecule has 5 heteroatoms. The van der Waals surface area contributed by atoms with Crippen molar-refractivity contribution in [2.24, 2.45) is 0 Å². The average Bonchev–Trinajstić information content (AvgIpc) is 1.88. The molecule has 1 aromatic carbocycles. The van der Waals surface area contributed by atoms with Crippen molar-refractivity contribution >= 4 is 11.7 Å². The highest BCUT2D eigenvalue weighted by Crippen LogP contribution is 2.08. The third-order valence-electron chi connectivity index (χ3n) is 1.19. The Morgan fingerprint density at radius 3 is 2.08 bits per heavy atom. The van der Waals surface area contributed by atoms with E-state index in [0.29, 0.717) is 5.69 Å². The van der Waals surface area contributed by atoms with Crippen molar-refractivity contribution in [3.8, 4) is 0 Å². The highest BCUT2D eigenvalue weighted by atomic mass is 16.4. The first-order valence-corrected chi connectivity index (χ1v) is 2.79. The molecule has 0 saturated heterocycles. The number of nitrogen functional groups attached to an aromatic ring is 1. The van der Waals surface area contributed by atoms with Crippen LogP contribution in [0.5, 0.6) is 0 Å². The Kier molecular flexibility index (Phi) is 5.55. The summed E-state index contributed by atoms with van der Waals surface area (Å²) in [7, 11) is 0. The number of nitrogens with two attached hydrogens (primary N) is 1. The van der Waals surface area contributed by atoms with E-state index in [-0.39, 0.29) is 17.9 Å². The molecule has 5 nitrogen and oxygen atoms in total. The van der Waals surface area contributed by atoms with Crippen LogP contribution in [0.25, 0.3) is 0 Å². The average molecular weight is 171 g/mol. The highest BCUT2D eigenvalue weighted by molar-refractivity contribution is 5.93. The molecule has 0 atom stereocenters. The number of carboxylic acid groups (broad SMARTS) is 1. The lowest BCUT2D eigenvalue weighted by molar-refractivity contribution is 0.0698. The Bertz CT molecular complexity index is 263. The molecule has 0 aliphatic heterocycles. The first-order valence-electron chi connectivity index (χ1n) is 2.79. The zero-order valence-electron chi connectivity index (χ0n) is 6.66. The second-order valence-corrected chi connectivity index (χ2v) is 1.89. The number of para-hydroxylation sites is 1. The predicted octanol–water partition coefficient (Wildman–Crippen LogP) is 1.29. The van der Waals surface area contributed by atoms with Crippen LogP contribution in [0.1, 0.15) is 10.4 Å².